The molecule has 2 N–H and O–H groups in total. The minimum absolute atomic E-state index is 0.0294. The number of halogens is 1. The summed E-state index contributed by atoms with van der Waals surface area (Å²) < 4.78 is 15.6. The first kappa shape index (κ1) is 21.2. The maximum Gasteiger partial charge on any atom is 0.274 e. The zero-order chi connectivity index (χ0) is 21.7. The van der Waals surface area contributed by atoms with E-state index in [0.717, 1.165) is 17.4 Å². The maximum absolute atomic E-state index is 12.7. The quantitative estimate of drug-likeness (QED) is 0.597. The number of carbonyl (C=O) groups is 1. The van der Waals surface area contributed by atoms with Crippen LogP contribution in [0.5, 0.6) is 17.2 Å². The van der Waals surface area contributed by atoms with Gasteiger partial charge in [0.05, 0.1) is 32.0 Å². The summed E-state index contributed by atoms with van der Waals surface area (Å²) >= 11 is 6.09. The Balaban J connectivity index is 1.85. The molecule has 3 aromatic rings. The number of H-pyrrole nitrogens is 1. The van der Waals surface area contributed by atoms with Crippen molar-refractivity contribution in [2.75, 3.05) is 26.6 Å². The maximum atomic E-state index is 12.7. The van der Waals surface area contributed by atoms with Crippen molar-refractivity contribution in [3.05, 3.63) is 74.9 Å². The number of nitrogens with zero attached hydrogens (tertiary/aromatic N) is 1. The van der Waals surface area contributed by atoms with Gasteiger partial charge in [0.25, 0.3) is 11.5 Å². The third-order valence-electron chi connectivity index (χ3n) is 4.28. The molecule has 9 heteroatoms. The molecule has 0 aliphatic heterocycles. The number of amides is 1. The third kappa shape index (κ3) is 4.90. The van der Waals surface area contributed by atoms with Gasteiger partial charge >= 0.3 is 0 Å². The van der Waals surface area contributed by atoms with Crippen LogP contribution in [0.4, 0.5) is 5.69 Å². The van der Waals surface area contributed by atoms with E-state index in [1.165, 1.54) is 26.4 Å². The molecular weight excluding hydrogens is 410 g/mol. The van der Waals surface area contributed by atoms with Crippen molar-refractivity contribution in [3.8, 4) is 17.2 Å². The lowest BCUT2D eigenvalue weighted by atomic mass is 10.1. The lowest BCUT2D eigenvalue weighted by Crippen LogP contribution is -2.20. The van der Waals surface area contributed by atoms with Crippen molar-refractivity contribution in [2.45, 2.75) is 6.42 Å². The van der Waals surface area contributed by atoms with Crippen molar-refractivity contribution in [1.82, 2.24) is 9.97 Å². The molecule has 8 nitrogen and oxygen atoms in total. The van der Waals surface area contributed by atoms with Gasteiger partial charge < -0.3 is 24.5 Å². The van der Waals surface area contributed by atoms with Gasteiger partial charge in [-0.25, -0.2) is 4.98 Å². The summed E-state index contributed by atoms with van der Waals surface area (Å²) in [5, 5.41) is 3.02. The van der Waals surface area contributed by atoms with Crippen molar-refractivity contribution in [3.63, 3.8) is 0 Å². The van der Waals surface area contributed by atoms with E-state index in [0.29, 0.717) is 34.5 Å². The highest BCUT2D eigenvalue weighted by atomic mass is 35.5. The second-order valence-corrected chi connectivity index (χ2v) is 6.65. The predicted molar refractivity (Wildman–Crippen MR) is 113 cm³/mol. The monoisotopic (exact) mass is 429 g/mol. The molecule has 1 amide bonds. The van der Waals surface area contributed by atoms with Gasteiger partial charge in [0, 0.05) is 24.6 Å². The molecule has 2 aromatic carbocycles. The third-order valence-corrected chi connectivity index (χ3v) is 4.57. The van der Waals surface area contributed by atoms with Gasteiger partial charge in [0.1, 0.15) is 28.8 Å². The Morgan fingerprint density at radius 3 is 2.37 bits per heavy atom. The van der Waals surface area contributed by atoms with Crippen LogP contribution in [-0.4, -0.2) is 37.2 Å². The molecule has 1 heterocycles. The van der Waals surface area contributed by atoms with E-state index in [1.54, 1.807) is 7.11 Å². The Morgan fingerprint density at radius 1 is 1.03 bits per heavy atom. The fraction of sp³-hybridized carbons (Fsp3) is 0.190. The molecule has 0 saturated carbocycles. The number of hydrogen-bond donors (Lipinski definition) is 2. The number of benzene rings is 2. The minimum Gasteiger partial charge on any atom is -0.497 e. The Morgan fingerprint density at radius 2 is 1.73 bits per heavy atom. The number of nitrogens with one attached hydrogen (secondary N) is 2. The largest absolute Gasteiger partial charge is 0.497 e. The van der Waals surface area contributed by atoms with Crippen LogP contribution in [0.25, 0.3) is 0 Å². The van der Waals surface area contributed by atoms with Crippen LogP contribution < -0.4 is 25.1 Å². The summed E-state index contributed by atoms with van der Waals surface area (Å²) in [5.41, 5.74) is 0.778. The zero-order valence-electron chi connectivity index (χ0n) is 16.6. The molecule has 156 valence electrons. The first-order valence-electron chi connectivity index (χ1n) is 8.89. The molecule has 0 aliphatic rings. The smallest absolute Gasteiger partial charge is 0.274 e. The summed E-state index contributed by atoms with van der Waals surface area (Å²) in [6, 6.07) is 11.5. The van der Waals surface area contributed by atoms with Gasteiger partial charge in [-0.15, -0.1) is 0 Å². The zero-order valence-corrected chi connectivity index (χ0v) is 17.4. The number of aromatic nitrogens is 2. The van der Waals surface area contributed by atoms with E-state index in [4.69, 9.17) is 25.8 Å². The molecule has 0 radical (unpaired) electrons. The molecule has 0 spiro atoms. The van der Waals surface area contributed by atoms with Crippen molar-refractivity contribution in [1.29, 1.82) is 0 Å². The molecule has 3 rings (SSSR count). The summed E-state index contributed by atoms with van der Waals surface area (Å²) in [6.45, 7) is 0. The van der Waals surface area contributed by atoms with Gasteiger partial charge in [-0.05, 0) is 17.7 Å². The van der Waals surface area contributed by atoms with Crippen LogP contribution >= 0.6 is 11.6 Å². The van der Waals surface area contributed by atoms with E-state index >= 15 is 0 Å². The van der Waals surface area contributed by atoms with Crippen LogP contribution in [0.2, 0.25) is 5.02 Å². The summed E-state index contributed by atoms with van der Waals surface area (Å²) in [7, 11) is 4.50. The van der Waals surface area contributed by atoms with Crippen molar-refractivity contribution >= 4 is 23.2 Å². The van der Waals surface area contributed by atoms with Crippen LogP contribution in [0.15, 0.2) is 47.3 Å². The van der Waals surface area contributed by atoms with E-state index in [9.17, 15) is 9.59 Å². The summed E-state index contributed by atoms with van der Waals surface area (Å²) in [5.74, 6) is 1.23. The minimum atomic E-state index is -0.570. The van der Waals surface area contributed by atoms with Crippen molar-refractivity contribution in [2.24, 2.45) is 0 Å². The summed E-state index contributed by atoms with van der Waals surface area (Å²) in [6.07, 6.45) is 0.346. The SMILES string of the molecule is COc1ccc(Cc2nc(C(=O)Nc3cc(OC)c(Cl)cc3OC)cc(=O)[nH]2)cc1. The van der Waals surface area contributed by atoms with E-state index < -0.39 is 11.5 Å². The number of aromatic amines is 1. The topological polar surface area (TPSA) is 103 Å². The fourth-order valence-corrected chi connectivity index (χ4v) is 3.02. The first-order chi connectivity index (χ1) is 14.4. The lowest BCUT2D eigenvalue weighted by molar-refractivity contribution is 0.102. The Hall–Kier alpha value is -3.52. The van der Waals surface area contributed by atoms with E-state index in [-0.39, 0.29) is 5.69 Å². The number of anilines is 1. The van der Waals surface area contributed by atoms with Gasteiger partial charge in [-0.2, -0.15) is 0 Å². The second-order valence-electron chi connectivity index (χ2n) is 6.24. The standard InChI is InChI=1S/C21H20ClN3O5/c1-28-13-6-4-12(5-7-13)8-19-23-16(11-20(26)25-19)21(27)24-15-10-17(29-2)14(22)9-18(15)30-3/h4-7,9-11H,8H2,1-3H3,(H,24,27)(H,23,25,26). The van der Waals surface area contributed by atoms with Crippen LogP contribution in [0.1, 0.15) is 21.9 Å². The highest BCUT2D eigenvalue weighted by Gasteiger charge is 2.16. The Bertz CT molecular complexity index is 1110. The number of carbonyl (C=O) groups excluding carboxylic acids is 1. The molecule has 0 unspecified atom stereocenters. The van der Waals surface area contributed by atoms with Crippen molar-refractivity contribution < 1.29 is 19.0 Å². The lowest BCUT2D eigenvalue weighted by Gasteiger charge is -2.13. The first-order valence-corrected chi connectivity index (χ1v) is 9.27. The predicted octanol–water partition coefficient (Wildman–Crippen LogP) is 3.29. The molecule has 0 aliphatic carbocycles. The number of ether oxygens (including phenoxy) is 3. The molecule has 0 saturated heterocycles. The van der Waals surface area contributed by atoms with Crippen LogP contribution in [0, 0.1) is 0 Å². The number of rotatable bonds is 7. The van der Waals surface area contributed by atoms with Gasteiger partial charge in [-0.1, -0.05) is 23.7 Å². The average molecular weight is 430 g/mol. The Labute approximate surface area is 177 Å². The van der Waals surface area contributed by atoms with E-state index in [2.05, 4.69) is 15.3 Å². The van der Waals surface area contributed by atoms with Gasteiger partial charge in [0.15, 0.2) is 0 Å². The molecule has 30 heavy (non-hydrogen) atoms. The van der Waals surface area contributed by atoms with Crippen LogP contribution in [-0.2, 0) is 6.42 Å². The second kappa shape index (κ2) is 9.32. The van der Waals surface area contributed by atoms with Gasteiger partial charge in [0.2, 0.25) is 0 Å². The molecule has 0 bridgehead atoms. The molecule has 0 atom stereocenters. The average Bonchev–Trinajstić information content (AvgIpc) is 2.74. The van der Waals surface area contributed by atoms with Crippen LogP contribution in [0.3, 0.4) is 0 Å². The normalized spacial score (nSPS) is 10.4. The summed E-state index contributed by atoms with van der Waals surface area (Å²) in [4.78, 5) is 31.7. The Kier molecular flexibility index (Phi) is 6.58. The highest BCUT2D eigenvalue weighted by molar-refractivity contribution is 6.32. The van der Waals surface area contributed by atoms with Gasteiger partial charge in [-0.3, -0.25) is 9.59 Å². The highest BCUT2D eigenvalue weighted by Crippen LogP contribution is 2.36. The van der Waals surface area contributed by atoms with E-state index in [1.807, 2.05) is 24.3 Å². The molecule has 1 aromatic heterocycles. The fourth-order valence-electron chi connectivity index (χ4n) is 2.79. The number of hydrogen-bond acceptors (Lipinski definition) is 6. The molecule has 0 fully saturated rings. The number of methoxy groups -OCH3 is 3. The molecular formula is C21H20ClN3O5.